The summed E-state index contributed by atoms with van der Waals surface area (Å²) < 4.78 is 9.78. The summed E-state index contributed by atoms with van der Waals surface area (Å²) in [5, 5.41) is 18.0. The summed E-state index contributed by atoms with van der Waals surface area (Å²) in [4.78, 5) is 20.8. The zero-order valence-corrected chi connectivity index (χ0v) is 9.27. The van der Waals surface area contributed by atoms with Crippen molar-refractivity contribution < 1.29 is 18.8 Å². The number of furan rings is 1. The van der Waals surface area contributed by atoms with Crippen molar-refractivity contribution >= 4 is 23.0 Å². The van der Waals surface area contributed by atoms with Crippen molar-refractivity contribution in [1.29, 1.82) is 0 Å². The summed E-state index contributed by atoms with van der Waals surface area (Å²) >= 11 is 0. The fourth-order valence-electron chi connectivity index (χ4n) is 1.76. The molecule has 19 heavy (non-hydrogen) atoms. The number of aromatic nitrogens is 2. The second-order valence-corrected chi connectivity index (χ2v) is 3.67. The Morgan fingerprint density at radius 1 is 1.16 bits per heavy atom. The molecule has 1 aromatic carbocycles. The van der Waals surface area contributed by atoms with E-state index in [9.17, 15) is 14.9 Å². The van der Waals surface area contributed by atoms with Crippen molar-refractivity contribution in [3.8, 4) is 11.3 Å². The number of rotatable bonds is 3. The van der Waals surface area contributed by atoms with Crippen LogP contribution in [0.1, 0.15) is 10.6 Å². The van der Waals surface area contributed by atoms with Crippen LogP contribution in [0.25, 0.3) is 22.4 Å². The van der Waals surface area contributed by atoms with Crippen molar-refractivity contribution in [2.75, 3.05) is 0 Å². The van der Waals surface area contributed by atoms with E-state index in [4.69, 9.17) is 4.42 Å². The van der Waals surface area contributed by atoms with Crippen molar-refractivity contribution in [1.82, 2.24) is 10.3 Å². The number of non-ortho nitro benzene ring substituents is 1. The molecule has 0 saturated carbocycles. The molecule has 94 valence electrons. The molecule has 0 unspecified atom stereocenters. The first-order valence-electron chi connectivity index (χ1n) is 5.16. The van der Waals surface area contributed by atoms with E-state index in [-0.39, 0.29) is 22.5 Å². The smallest absolute Gasteiger partial charge is 0.300 e. The van der Waals surface area contributed by atoms with Gasteiger partial charge in [0.15, 0.2) is 17.6 Å². The number of carbonyl (C=O) groups is 1. The number of carbonyl (C=O) groups excluding carboxylic acids is 1. The molecular weight excluding hydrogens is 254 g/mol. The predicted octanol–water partition coefficient (Wildman–Crippen LogP) is 2.20. The second-order valence-electron chi connectivity index (χ2n) is 3.67. The first kappa shape index (κ1) is 11.1. The molecule has 0 aliphatic carbocycles. The third-order valence-corrected chi connectivity index (χ3v) is 2.60. The molecule has 0 atom stereocenters. The number of hydrogen-bond acceptors (Lipinski definition) is 7. The Morgan fingerprint density at radius 2 is 1.95 bits per heavy atom. The van der Waals surface area contributed by atoms with Crippen molar-refractivity contribution in [3.63, 3.8) is 0 Å². The molecule has 2 aromatic heterocycles. The Bertz CT molecular complexity index is 789. The van der Waals surface area contributed by atoms with Gasteiger partial charge >= 0.3 is 5.69 Å². The SMILES string of the molecule is O=Cc1ccc(-c2ccc([N+](=O)[O-])c3nonc23)o1. The normalized spacial score (nSPS) is 10.7. The standard InChI is InChI=1S/C11H5N3O5/c15-5-6-1-4-9(18-6)7-2-3-8(14(16)17)11-10(7)12-19-13-11/h1-5H. The van der Waals surface area contributed by atoms with E-state index >= 15 is 0 Å². The number of aldehydes is 1. The van der Waals surface area contributed by atoms with Gasteiger partial charge in [-0.1, -0.05) is 0 Å². The van der Waals surface area contributed by atoms with Gasteiger partial charge in [0.05, 0.1) is 4.92 Å². The Morgan fingerprint density at radius 3 is 2.63 bits per heavy atom. The molecule has 0 aliphatic rings. The van der Waals surface area contributed by atoms with E-state index in [2.05, 4.69) is 14.9 Å². The Kier molecular flexibility index (Phi) is 2.34. The van der Waals surface area contributed by atoms with Gasteiger partial charge in [-0.3, -0.25) is 14.9 Å². The van der Waals surface area contributed by atoms with Crippen LogP contribution < -0.4 is 0 Å². The Balaban J connectivity index is 2.25. The van der Waals surface area contributed by atoms with Crippen LogP contribution in [-0.4, -0.2) is 21.5 Å². The maximum absolute atomic E-state index is 10.8. The highest BCUT2D eigenvalue weighted by Gasteiger charge is 2.21. The topological polar surface area (TPSA) is 112 Å². The maximum atomic E-state index is 10.8. The van der Waals surface area contributed by atoms with Crippen LogP contribution in [0, 0.1) is 10.1 Å². The van der Waals surface area contributed by atoms with Gasteiger partial charge in [0, 0.05) is 11.6 Å². The van der Waals surface area contributed by atoms with Crippen LogP contribution in [0.3, 0.4) is 0 Å². The lowest BCUT2D eigenvalue weighted by Gasteiger charge is -1.97. The molecule has 0 aliphatic heterocycles. The van der Waals surface area contributed by atoms with Crippen LogP contribution in [0.2, 0.25) is 0 Å². The molecule has 0 fully saturated rings. The molecule has 3 rings (SSSR count). The summed E-state index contributed by atoms with van der Waals surface area (Å²) in [5.41, 5.74) is 0.504. The minimum atomic E-state index is -0.574. The molecule has 0 saturated heterocycles. The average Bonchev–Trinajstić information content (AvgIpc) is 3.06. The van der Waals surface area contributed by atoms with E-state index in [1.807, 2.05) is 0 Å². The molecule has 0 bridgehead atoms. The van der Waals surface area contributed by atoms with Gasteiger partial charge in [0.1, 0.15) is 5.76 Å². The van der Waals surface area contributed by atoms with E-state index in [1.165, 1.54) is 18.2 Å². The zero-order chi connectivity index (χ0) is 13.4. The highest BCUT2D eigenvalue weighted by atomic mass is 16.6. The number of nitrogens with zero attached hydrogens (tertiary/aromatic N) is 3. The van der Waals surface area contributed by atoms with E-state index in [0.717, 1.165) is 0 Å². The van der Waals surface area contributed by atoms with Crippen LogP contribution in [0.5, 0.6) is 0 Å². The summed E-state index contributed by atoms with van der Waals surface area (Å²) in [7, 11) is 0. The number of benzene rings is 1. The highest BCUT2D eigenvalue weighted by Crippen LogP contribution is 2.32. The molecule has 3 aromatic rings. The summed E-state index contributed by atoms with van der Waals surface area (Å²) in [6, 6.07) is 5.81. The van der Waals surface area contributed by atoms with Crippen LogP contribution >= 0.6 is 0 Å². The van der Waals surface area contributed by atoms with Crippen molar-refractivity contribution in [3.05, 3.63) is 40.1 Å². The predicted molar refractivity (Wildman–Crippen MR) is 61.5 cm³/mol. The van der Waals surface area contributed by atoms with Gasteiger partial charge in [0.25, 0.3) is 0 Å². The molecule has 8 heteroatoms. The third-order valence-electron chi connectivity index (χ3n) is 2.60. The summed E-state index contributed by atoms with van der Waals surface area (Å²) in [5.74, 6) is 0.510. The maximum Gasteiger partial charge on any atom is 0.300 e. The first-order valence-corrected chi connectivity index (χ1v) is 5.16. The van der Waals surface area contributed by atoms with Gasteiger partial charge in [-0.05, 0) is 28.5 Å². The summed E-state index contributed by atoms with van der Waals surface area (Å²) in [6.07, 6.45) is 0.563. The summed E-state index contributed by atoms with van der Waals surface area (Å²) in [6.45, 7) is 0. The molecule has 0 radical (unpaired) electrons. The highest BCUT2D eigenvalue weighted by molar-refractivity contribution is 5.95. The van der Waals surface area contributed by atoms with Gasteiger partial charge in [-0.2, -0.15) is 0 Å². The minimum Gasteiger partial charge on any atom is -0.453 e. The lowest BCUT2D eigenvalue weighted by atomic mass is 10.1. The average molecular weight is 259 g/mol. The molecule has 0 spiro atoms. The number of fused-ring (bicyclic) bond motifs is 1. The zero-order valence-electron chi connectivity index (χ0n) is 9.27. The van der Waals surface area contributed by atoms with Crippen LogP contribution in [0.15, 0.2) is 33.3 Å². The monoisotopic (exact) mass is 259 g/mol. The Labute approximate surface area is 104 Å². The van der Waals surface area contributed by atoms with Gasteiger partial charge in [-0.15, -0.1) is 0 Å². The first-order chi connectivity index (χ1) is 9.20. The molecule has 0 N–H and O–H groups in total. The van der Waals surface area contributed by atoms with Crippen molar-refractivity contribution in [2.45, 2.75) is 0 Å². The quantitative estimate of drug-likeness (QED) is 0.402. The molecule has 8 nitrogen and oxygen atoms in total. The molecule has 2 heterocycles. The fourth-order valence-corrected chi connectivity index (χ4v) is 1.76. The molecule has 0 amide bonds. The van der Waals surface area contributed by atoms with Crippen molar-refractivity contribution in [2.24, 2.45) is 0 Å². The van der Waals surface area contributed by atoms with Gasteiger partial charge in [-0.25, -0.2) is 4.63 Å². The van der Waals surface area contributed by atoms with E-state index < -0.39 is 4.92 Å². The lowest BCUT2D eigenvalue weighted by Crippen LogP contribution is -1.90. The largest absolute Gasteiger partial charge is 0.453 e. The number of nitro benzene ring substituents is 1. The Hall–Kier alpha value is -3.03. The minimum absolute atomic E-state index is 0.0338. The van der Waals surface area contributed by atoms with Crippen LogP contribution in [-0.2, 0) is 0 Å². The van der Waals surface area contributed by atoms with E-state index in [1.54, 1.807) is 6.07 Å². The van der Waals surface area contributed by atoms with Crippen LogP contribution in [0.4, 0.5) is 5.69 Å². The van der Waals surface area contributed by atoms with E-state index in [0.29, 0.717) is 17.6 Å². The lowest BCUT2D eigenvalue weighted by molar-refractivity contribution is -0.383. The molecular formula is C11H5N3O5. The number of hydrogen-bond donors (Lipinski definition) is 0. The van der Waals surface area contributed by atoms with Gasteiger partial charge < -0.3 is 4.42 Å². The fraction of sp³-hybridized carbons (Fsp3) is 0. The third kappa shape index (κ3) is 1.66. The number of nitro groups is 1. The van der Waals surface area contributed by atoms with Gasteiger partial charge in [0.2, 0.25) is 5.52 Å². The second kappa shape index (κ2) is 4.02.